The van der Waals surface area contributed by atoms with Gasteiger partial charge in [0.1, 0.15) is 11.5 Å². The lowest BCUT2D eigenvalue weighted by atomic mass is 10.1. The van der Waals surface area contributed by atoms with E-state index in [-0.39, 0.29) is 0 Å². The molecule has 1 heterocycles. The van der Waals surface area contributed by atoms with Gasteiger partial charge in [-0.1, -0.05) is 0 Å². The lowest BCUT2D eigenvalue weighted by Crippen LogP contribution is -2.04. The Hall–Kier alpha value is -2.30. The zero-order chi connectivity index (χ0) is 13.9. The summed E-state index contributed by atoms with van der Waals surface area (Å²) in [5, 5.41) is 3.27. The summed E-state index contributed by atoms with van der Waals surface area (Å²) in [7, 11) is 3.28. The summed E-state index contributed by atoms with van der Waals surface area (Å²) in [6, 6.07) is 6.25. The Labute approximate surface area is 118 Å². The number of hydrogen-bond acceptors (Lipinski definition) is 5. The standard InChI is InChI=1S/C15H17N3O2/c1-19-12-5-6-13(14(7-12)20-2)10-8-16-15(17-9-10)18-11-3-4-11/h5-9,11H,3-4H2,1-2H3,(H,16,17,18). The Morgan fingerprint density at radius 1 is 1.10 bits per heavy atom. The topological polar surface area (TPSA) is 56.3 Å². The van der Waals surface area contributed by atoms with Gasteiger partial charge in [-0.2, -0.15) is 0 Å². The summed E-state index contributed by atoms with van der Waals surface area (Å²) in [4.78, 5) is 8.69. The van der Waals surface area contributed by atoms with E-state index < -0.39 is 0 Å². The SMILES string of the molecule is COc1ccc(-c2cnc(NC3CC3)nc2)c(OC)c1. The van der Waals surface area contributed by atoms with Crippen LogP contribution in [0.5, 0.6) is 11.5 Å². The molecule has 5 nitrogen and oxygen atoms in total. The van der Waals surface area contributed by atoms with Crippen molar-refractivity contribution in [2.75, 3.05) is 19.5 Å². The molecular weight excluding hydrogens is 254 g/mol. The largest absolute Gasteiger partial charge is 0.497 e. The lowest BCUT2D eigenvalue weighted by molar-refractivity contribution is 0.395. The van der Waals surface area contributed by atoms with Gasteiger partial charge >= 0.3 is 0 Å². The number of hydrogen-bond donors (Lipinski definition) is 1. The molecule has 2 aromatic rings. The number of ether oxygens (including phenoxy) is 2. The fraction of sp³-hybridized carbons (Fsp3) is 0.333. The van der Waals surface area contributed by atoms with Crippen molar-refractivity contribution in [3.8, 4) is 22.6 Å². The zero-order valence-corrected chi connectivity index (χ0v) is 11.6. The van der Waals surface area contributed by atoms with Gasteiger partial charge in [0, 0.05) is 35.6 Å². The number of methoxy groups -OCH3 is 2. The van der Waals surface area contributed by atoms with Crippen molar-refractivity contribution in [2.24, 2.45) is 0 Å². The third-order valence-electron chi connectivity index (χ3n) is 3.28. The van der Waals surface area contributed by atoms with E-state index in [0.29, 0.717) is 12.0 Å². The Kier molecular flexibility index (Phi) is 3.41. The smallest absolute Gasteiger partial charge is 0.222 e. The molecule has 1 aliphatic rings. The van der Waals surface area contributed by atoms with Crippen LogP contribution in [-0.4, -0.2) is 30.2 Å². The minimum atomic E-state index is 0.552. The minimum absolute atomic E-state index is 0.552. The molecule has 1 fully saturated rings. The second-order valence-electron chi connectivity index (χ2n) is 4.78. The van der Waals surface area contributed by atoms with Gasteiger partial charge in [-0.05, 0) is 25.0 Å². The van der Waals surface area contributed by atoms with Gasteiger partial charge in [0.25, 0.3) is 0 Å². The summed E-state index contributed by atoms with van der Waals surface area (Å²) in [6.07, 6.45) is 6.03. The summed E-state index contributed by atoms with van der Waals surface area (Å²) < 4.78 is 10.6. The van der Waals surface area contributed by atoms with Gasteiger partial charge in [-0.25, -0.2) is 9.97 Å². The molecule has 0 spiro atoms. The second kappa shape index (κ2) is 5.36. The number of rotatable bonds is 5. The molecule has 0 radical (unpaired) electrons. The van der Waals surface area contributed by atoms with E-state index in [1.165, 1.54) is 12.8 Å². The van der Waals surface area contributed by atoms with Gasteiger partial charge in [0.2, 0.25) is 5.95 Å². The highest BCUT2D eigenvalue weighted by Crippen LogP contribution is 2.33. The predicted molar refractivity (Wildman–Crippen MR) is 77.2 cm³/mol. The number of nitrogens with one attached hydrogen (secondary N) is 1. The molecule has 1 saturated carbocycles. The van der Waals surface area contributed by atoms with E-state index in [4.69, 9.17) is 9.47 Å². The van der Waals surface area contributed by atoms with Crippen LogP contribution in [0.3, 0.4) is 0 Å². The monoisotopic (exact) mass is 271 g/mol. The van der Waals surface area contributed by atoms with Crippen molar-refractivity contribution in [3.63, 3.8) is 0 Å². The van der Waals surface area contributed by atoms with Crippen molar-refractivity contribution in [3.05, 3.63) is 30.6 Å². The third-order valence-corrected chi connectivity index (χ3v) is 3.28. The normalized spacial score (nSPS) is 13.9. The summed E-state index contributed by atoms with van der Waals surface area (Å²) in [6.45, 7) is 0. The van der Waals surface area contributed by atoms with Crippen LogP contribution < -0.4 is 14.8 Å². The number of anilines is 1. The highest BCUT2D eigenvalue weighted by atomic mass is 16.5. The van der Waals surface area contributed by atoms with Crippen molar-refractivity contribution in [1.82, 2.24) is 9.97 Å². The van der Waals surface area contributed by atoms with E-state index in [1.807, 2.05) is 30.6 Å². The van der Waals surface area contributed by atoms with E-state index in [1.54, 1.807) is 14.2 Å². The summed E-state index contributed by atoms with van der Waals surface area (Å²) in [5.74, 6) is 2.19. The highest BCUT2D eigenvalue weighted by molar-refractivity contribution is 5.70. The van der Waals surface area contributed by atoms with Crippen molar-refractivity contribution >= 4 is 5.95 Å². The Balaban J connectivity index is 1.87. The maximum Gasteiger partial charge on any atom is 0.222 e. The molecule has 5 heteroatoms. The number of benzene rings is 1. The Morgan fingerprint density at radius 3 is 2.45 bits per heavy atom. The average molecular weight is 271 g/mol. The molecule has 0 saturated heterocycles. The maximum absolute atomic E-state index is 5.40. The predicted octanol–water partition coefficient (Wildman–Crippen LogP) is 2.74. The molecule has 1 aliphatic carbocycles. The molecule has 0 amide bonds. The van der Waals surface area contributed by atoms with E-state index in [2.05, 4.69) is 15.3 Å². The molecule has 3 rings (SSSR count). The number of nitrogens with zero attached hydrogens (tertiary/aromatic N) is 2. The van der Waals surface area contributed by atoms with Gasteiger partial charge < -0.3 is 14.8 Å². The first-order chi connectivity index (χ1) is 9.80. The first-order valence-electron chi connectivity index (χ1n) is 6.61. The zero-order valence-electron chi connectivity index (χ0n) is 11.6. The molecule has 1 aromatic carbocycles. The van der Waals surface area contributed by atoms with Crippen LogP contribution in [0.15, 0.2) is 30.6 Å². The lowest BCUT2D eigenvalue weighted by Gasteiger charge is -2.10. The first kappa shape index (κ1) is 12.7. The second-order valence-corrected chi connectivity index (χ2v) is 4.78. The van der Waals surface area contributed by atoms with E-state index in [0.717, 1.165) is 22.6 Å². The van der Waals surface area contributed by atoms with Crippen LogP contribution in [-0.2, 0) is 0 Å². The number of aromatic nitrogens is 2. The highest BCUT2D eigenvalue weighted by Gasteiger charge is 2.21. The fourth-order valence-corrected chi connectivity index (χ4v) is 1.99. The van der Waals surface area contributed by atoms with Gasteiger partial charge in [-0.3, -0.25) is 0 Å². The molecule has 0 aliphatic heterocycles. The molecule has 0 atom stereocenters. The van der Waals surface area contributed by atoms with Gasteiger partial charge in [0.05, 0.1) is 14.2 Å². The van der Waals surface area contributed by atoms with Gasteiger partial charge in [0.15, 0.2) is 0 Å². The summed E-state index contributed by atoms with van der Waals surface area (Å²) in [5.41, 5.74) is 1.87. The van der Waals surface area contributed by atoms with Crippen molar-refractivity contribution in [2.45, 2.75) is 18.9 Å². The molecule has 0 unspecified atom stereocenters. The van der Waals surface area contributed by atoms with Gasteiger partial charge in [-0.15, -0.1) is 0 Å². The van der Waals surface area contributed by atoms with Crippen LogP contribution >= 0.6 is 0 Å². The van der Waals surface area contributed by atoms with Crippen LogP contribution in [0.1, 0.15) is 12.8 Å². The fourth-order valence-electron chi connectivity index (χ4n) is 1.99. The van der Waals surface area contributed by atoms with Crippen LogP contribution in [0.4, 0.5) is 5.95 Å². The molecule has 0 bridgehead atoms. The molecule has 1 aromatic heterocycles. The molecule has 20 heavy (non-hydrogen) atoms. The van der Waals surface area contributed by atoms with Crippen LogP contribution in [0.25, 0.3) is 11.1 Å². The molecule has 1 N–H and O–H groups in total. The average Bonchev–Trinajstić information content (AvgIpc) is 3.31. The maximum atomic E-state index is 5.40. The van der Waals surface area contributed by atoms with E-state index in [9.17, 15) is 0 Å². The summed E-state index contributed by atoms with van der Waals surface area (Å²) >= 11 is 0. The Morgan fingerprint density at radius 2 is 1.85 bits per heavy atom. The molecular formula is C15H17N3O2. The Bertz CT molecular complexity index is 595. The molecule has 104 valence electrons. The quantitative estimate of drug-likeness (QED) is 0.906. The third kappa shape index (κ3) is 2.66. The first-order valence-corrected chi connectivity index (χ1v) is 6.61. The minimum Gasteiger partial charge on any atom is -0.497 e. The van der Waals surface area contributed by atoms with Crippen LogP contribution in [0.2, 0.25) is 0 Å². The van der Waals surface area contributed by atoms with Crippen molar-refractivity contribution in [1.29, 1.82) is 0 Å². The van der Waals surface area contributed by atoms with E-state index >= 15 is 0 Å². The van der Waals surface area contributed by atoms with Crippen molar-refractivity contribution < 1.29 is 9.47 Å². The van der Waals surface area contributed by atoms with Crippen LogP contribution in [0, 0.1) is 0 Å².